The molecule has 1 aliphatic rings. The van der Waals surface area contributed by atoms with Crippen LogP contribution in [0, 0.1) is 28.6 Å². The molecule has 0 amide bonds. The highest BCUT2D eigenvalue weighted by molar-refractivity contribution is 5.20. The maximum absolute atomic E-state index is 10.2. The Morgan fingerprint density at radius 3 is 1.59 bits per heavy atom. The second-order valence-corrected chi connectivity index (χ2v) is 8.17. The first-order valence-electron chi connectivity index (χ1n) is 10.2. The molecular formula is C25H31NO3. The highest BCUT2D eigenvalue weighted by Gasteiger charge is 2.51. The first-order valence-corrected chi connectivity index (χ1v) is 10.2. The maximum atomic E-state index is 10.2. The van der Waals surface area contributed by atoms with Crippen molar-refractivity contribution in [3.8, 4) is 6.07 Å². The highest BCUT2D eigenvalue weighted by Crippen LogP contribution is 2.52. The first-order chi connectivity index (χ1) is 14.1. The van der Waals surface area contributed by atoms with E-state index in [-0.39, 0.29) is 0 Å². The van der Waals surface area contributed by atoms with Crippen LogP contribution >= 0.6 is 0 Å². The van der Waals surface area contributed by atoms with Crippen LogP contribution in [-0.2, 0) is 27.1 Å². The van der Waals surface area contributed by atoms with Crippen molar-refractivity contribution in [1.29, 1.82) is 5.26 Å². The summed E-state index contributed by atoms with van der Waals surface area (Å²) in [6.07, 6.45) is 3.97. The lowest BCUT2D eigenvalue weighted by Gasteiger charge is -2.34. The minimum atomic E-state index is -1.19. The summed E-state index contributed by atoms with van der Waals surface area (Å²) in [6.45, 7) is 0. The second kappa shape index (κ2) is 9.54. The number of methoxy groups -OCH3 is 3. The monoisotopic (exact) mass is 393 g/mol. The van der Waals surface area contributed by atoms with Crippen molar-refractivity contribution in [3.05, 3.63) is 71.8 Å². The number of benzene rings is 2. The van der Waals surface area contributed by atoms with Gasteiger partial charge in [0.1, 0.15) is 0 Å². The summed E-state index contributed by atoms with van der Waals surface area (Å²) in [5.74, 6) is -0.352. The average molecular weight is 394 g/mol. The Balaban J connectivity index is 1.86. The Morgan fingerprint density at radius 1 is 0.828 bits per heavy atom. The summed E-state index contributed by atoms with van der Waals surface area (Å²) in [4.78, 5) is 0. The molecule has 4 heteroatoms. The molecule has 0 radical (unpaired) electrons. The smallest absolute Gasteiger partial charge is 0.283 e. The summed E-state index contributed by atoms with van der Waals surface area (Å²) in [6, 6.07) is 23.8. The van der Waals surface area contributed by atoms with Crippen LogP contribution in [0.3, 0.4) is 0 Å². The van der Waals surface area contributed by atoms with Crippen LogP contribution in [0.25, 0.3) is 0 Å². The van der Waals surface area contributed by atoms with Crippen LogP contribution < -0.4 is 0 Å². The maximum Gasteiger partial charge on any atom is 0.283 e. The predicted octanol–water partition coefficient (Wildman–Crippen LogP) is 4.99. The molecule has 29 heavy (non-hydrogen) atoms. The number of nitrogens with zero attached hydrogens (tertiary/aromatic N) is 1. The lowest BCUT2D eigenvalue weighted by Crippen LogP contribution is -2.41. The van der Waals surface area contributed by atoms with Crippen LogP contribution in [0.15, 0.2) is 60.7 Å². The van der Waals surface area contributed by atoms with E-state index in [0.29, 0.717) is 18.3 Å². The van der Waals surface area contributed by atoms with Gasteiger partial charge in [0.15, 0.2) is 0 Å². The van der Waals surface area contributed by atoms with Crippen molar-refractivity contribution in [3.63, 3.8) is 0 Å². The molecule has 1 aliphatic carbocycles. The number of nitriles is 1. The minimum absolute atomic E-state index is 0.399. The average Bonchev–Trinajstić information content (AvgIpc) is 3.10. The van der Waals surface area contributed by atoms with E-state index in [1.54, 1.807) is 21.3 Å². The van der Waals surface area contributed by atoms with E-state index >= 15 is 0 Å². The van der Waals surface area contributed by atoms with E-state index in [2.05, 4.69) is 54.6 Å². The van der Waals surface area contributed by atoms with E-state index < -0.39 is 11.4 Å². The zero-order chi connectivity index (χ0) is 20.7. The standard InChI is InChI=1S/C25H31NO3/c1-27-25(28-2,29-3)18-24(19-26)16-22(14-20-10-6-4-7-11-20)23(17-24)15-21-12-8-5-9-13-21/h4-13,22-23H,14-18H2,1-3H3. The van der Waals surface area contributed by atoms with Gasteiger partial charge in [-0.1, -0.05) is 60.7 Å². The lowest BCUT2D eigenvalue weighted by atomic mass is 9.81. The van der Waals surface area contributed by atoms with Gasteiger partial charge in [-0.2, -0.15) is 5.26 Å². The molecule has 4 nitrogen and oxygen atoms in total. The van der Waals surface area contributed by atoms with Crippen LogP contribution in [0.5, 0.6) is 0 Å². The molecule has 3 rings (SSSR count). The molecule has 2 aromatic carbocycles. The summed E-state index contributed by atoms with van der Waals surface area (Å²) < 4.78 is 16.6. The van der Waals surface area contributed by atoms with Gasteiger partial charge >= 0.3 is 0 Å². The molecule has 1 saturated carbocycles. The molecule has 0 heterocycles. The van der Waals surface area contributed by atoms with Gasteiger partial charge < -0.3 is 14.2 Å². The van der Waals surface area contributed by atoms with E-state index in [0.717, 1.165) is 25.7 Å². The van der Waals surface area contributed by atoms with Gasteiger partial charge in [-0.05, 0) is 48.6 Å². The van der Waals surface area contributed by atoms with Gasteiger partial charge in [0.05, 0.1) is 11.5 Å². The molecule has 0 aliphatic heterocycles. The van der Waals surface area contributed by atoms with Gasteiger partial charge in [-0.25, -0.2) is 0 Å². The molecule has 1 fully saturated rings. The Hall–Kier alpha value is -2.19. The lowest BCUT2D eigenvalue weighted by molar-refractivity contribution is -0.362. The SMILES string of the molecule is COC(CC1(C#N)CC(Cc2ccccc2)C(Cc2ccccc2)C1)(OC)OC. The van der Waals surface area contributed by atoms with Crippen LogP contribution in [0.4, 0.5) is 0 Å². The Kier molecular flexibility index (Phi) is 7.08. The minimum Gasteiger partial charge on any atom is -0.331 e. The van der Waals surface area contributed by atoms with Gasteiger partial charge in [0.25, 0.3) is 5.97 Å². The summed E-state index contributed by atoms with van der Waals surface area (Å²) in [5, 5.41) is 10.2. The number of hydrogen-bond donors (Lipinski definition) is 0. The topological polar surface area (TPSA) is 51.5 Å². The predicted molar refractivity (Wildman–Crippen MR) is 113 cm³/mol. The number of ether oxygens (including phenoxy) is 3. The van der Waals surface area contributed by atoms with Crippen molar-refractivity contribution >= 4 is 0 Å². The summed E-state index contributed by atoms with van der Waals surface area (Å²) in [7, 11) is 4.70. The molecule has 0 aromatic heterocycles. The zero-order valence-corrected chi connectivity index (χ0v) is 17.6. The fourth-order valence-corrected chi connectivity index (χ4v) is 4.89. The number of hydrogen-bond acceptors (Lipinski definition) is 4. The molecule has 2 atom stereocenters. The third-order valence-electron chi connectivity index (χ3n) is 6.38. The molecule has 2 aromatic rings. The van der Waals surface area contributed by atoms with Gasteiger partial charge in [0.2, 0.25) is 0 Å². The van der Waals surface area contributed by atoms with Gasteiger partial charge in [-0.3, -0.25) is 0 Å². The van der Waals surface area contributed by atoms with Crippen LogP contribution in [0.1, 0.15) is 30.4 Å². The zero-order valence-electron chi connectivity index (χ0n) is 17.6. The third kappa shape index (κ3) is 5.05. The second-order valence-electron chi connectivity index (χ2n) is 8.17. The molecule has 0 N–H and O–H groups in total. The fourth-order valence-electron chi connectivity index (χ4n) is 4.89. The molecule has 0 saturated heterocycles. The van der Waals surface area contributed by atoms with Crippen LogP contribution in [-0.4, -0.2) is 27.3 Å². The molecule has 0 bridgehead atoms. The van der Waals surface area contributed by atoms with Crippen molar-refractivity contribution in [2.24, 2.45) is 17.3 Å². The van der Waals surface area contributed by atoms with E-state index in [1.807, 2.05) is 12.1 Å². The molecule has 2 unspecified atom stereocenters. The van der Waals surface area contributed by atoms with Gasteiger partial charge in [-0.15, -0.1) is 0 Å². The van der Waals surface area contributed by atoms with E-state index in [9.17, 15) is 5.26 Å². The highest BCUT2D eigenvalue weighted by atomic mass is 16.9. The Bertz CT molecular complexity index is 738. The van der Waals surface area contributed by atoms with E-state index in [1.165, 1.54) is 11.1 Å². The van der Waals surface area contributed by atoms with Crippen molar-refractivity contribution in [1.82, 2.24) is 0 Å². The number of rotatable bonds is 9. The fraction of sp³-hybridized carbons (Fsp3) is 0.480. The normalized spacial score (nSPS) is 24.3. The van der Waals surface area contributed by atoms with Gasteiger partial charge in [0, 0.05) is 27.8 Å². The van der Waals surface area contributed by atoms with Crippen molar-refractivity contribution < 1.29 is 14.2 Å². The van der Waals surface area contributed by atoms with Crippen molar-refractivity contribution in [2.45, 2.75) is 38.1 Å². The largest absolute Gasteiger partial charge is 0.331 e. The quantitative estimate of drug-likeness (QED) is 0.563. The third-order valence-corrected chi connectivity index (χ3v) is 6.38. The Morgan fingerprint density at radius 2 is 1.24 bits per heavy atom. The van der Waals surface area contributed by atoms with Crippen LogP contribution in [0.2, 0.25) is 0 Å². The summed E-state index contributed by atoms with van der Waals surface area (Å²) >= 11 is 0. The van der Waals surface area contributed by atoms with Crippen molar-refractivity contribution in [2.75, 3.05) is 21.3 Å². The van der Waals surface area contributed by atoms with E-state index in [4.69, 9.17) is 14.2 Å². The molecular weight excluding hydrogens is 362 g/mol. The molecule has 154 valence electrons. The summed E-state index contributed by atoms with van der Waals surface area (Å²) in [5.41, 5.74) is 2.10. The molecule has 0 spiro atoms. The Labute approximate surface area is 174 Å². The first kappa shape index (κ1) is 21.5.